The molecule has 1 aromatic heterocycles. The van der Waals surface area contributed by atoms with Crippen LogP contribution in [0.1, 0.15) is 10.4 Å². The minimum atomic E-state index is -1.10. The van der Waals surface area contributed by atoms with E-state index < -0.39 is 5.97 Å². The van der Waals surface area contributed by atoms with Crippen molar-refractivity contribution in [2.75, 3.05) is 7.11 Å². The van der Waals surface area contributed by atoms with E-state index >= 15 is 0 Å². The van der Waals surface area contributed by atoms with E-state index in [-0.39, 0.29) is 17.2 Å². The fourth-order valence-corrected chi connectivity index (χ4v) is 2.54. The highest BCUT2D eigenvalue weighted by Crippen LogP contribution is 2.32. The topological polar surface area (TPSA) is 68.7 Å². The third-order valence-electron chi connectivity index (χ3n) is 2.40. The molecule has 0 fully saturated rings. The first kappa shape index (κ1) is 14.8. The monoisotopic (exact) mass is 401 g/mol. The maximum atomic E-state index is 11.2. The molecular formula is C13H9Br2NO4. The van der Waals surface area contributed by atoms with Crippen molar-refractivity contribution in [1.29, 1.82) is 0 Å². The van der Waals surface area contributed by atoms with Crippen LogP contribution in [-0.4, -0.2) is 23.2 Å². The second kappa shape index (κ2) is 6.23. The summed E-state index contributed by atoms with van der Waals surface area (Å²) in [6.07, 6.45) is 1.56. The fraction of sp³-hybridized carbons (Fsp3) is 0.0769. The van der Waals surface area contributed by atoms with Crippen LogP contribution in [-0.2, 0) is 0 Å². The van der Waals surface area contributed by atoms with Crippen molar-refractivity contribution >= 4 is 37.8 Å². The number of aromatic carboxylic acids is 1. The number of aromatic nitrogens is 1. The summed E-state index contributed by atoms with van der Waals surface area (Å²) in [5.74, 6) is -0.195. The first-order valence-electron chi connectivity index (χ1n) is 5.41. The third-order valence-corrected chi connectivity index (χ3v) is 3.40. The summed E-state index contributed by atoms with van der Waals surface area (Å²) in [5.41, 5.74) is 0.000897. The van der Waals surface area contributed by atoms with Crippen molar-refractivity contribution in [1.82, 2.24) is 4.98 Å². The fourth-order valence-electron chi connectivity index (χ4n) is 1.47. The van der Waals surface area contributed by atoms with Crippen molar-refractivity contribution in [3.63, 3.8) is 0 Å². The molecule has 0 aliphatic carbocycles. The number of pyridine rings is 1. The van der Waals surface area contributed by atoms with Crippen molar-refractivity contribution in [2.45, 2.75) is 0 Å². The highest BCUT2D eigenvalue weighted by molar-refractivity contribution is 9.11. The normalized spacial score (nSPS) is 10.2. The molecule has 0 bridgehead atoms. The van der Waals surface area contributed by atoms with Gasteiger partial charge in [-0.2, -0.15) is 0 Å². The second-order valence-electron chi connectivity index (χ2n) is 3.71. The molecule has 0 saturated carbocycles. The van der Waals surface area contributed by atoms with E-state index in [0.29, 0.717) is 10.2 Å². The van der Waals surface area contributed by atoms with E-state index in [1.54, 1.807) is 18.3 Å². The summed E-state index contributed by atoms with van der Waals surface area (Å²) in [4.78, 5) is 15.3. The summed E-state index contributed by atoms with van der Waals surface area (Å²) >= 11 is 6.58. The van der Waals surface area contributed by atoms with Gasteiger partial charge in [-0.1, -0.05) is 0 Å². The lowest BCUT2D eigenvalue weighted by molar-refractivity contribution is 0.0693. The van der Waals surface area contributed by atoms with E-state index in [1.807, 2.05) is 0 Å². The lowest BCUT2D eigenvalue weighted by Gasteiger charge is -2.10. The van der Waals surface area contributed by atoms with Crippen molar-refractivity contribution in [2.24, 2.45) is 0 Å². The Morgan fingerprint density at radius 1 is 1.30 bits per heavy atom. The van der Waals surface area contributed by atoms with Crippen molar-refractivity contribution in [3.8, 4) is 17.4 Å². The first-order valence-corrected chi connectivity index (χ1v) is 7.00. The average Bonchev–Trinajstić information content (AvgIpc) is 2.42. The average molecular weight is 403 g/mol. The van der Waals surface area contributed by atoms with Gasteiger partial charge in [-0.15, -0.1) is 0 Å². The molecule has 0 unspecified atom stereocenters. The van der Waals surface area contributed by atoms with E-state index in [0.717, 1.165) is 4.47 Å². The molecule has 104 valence electrons. The van der Waals surface area contributed by atoms with Crippen LogP contribution >= 0.6 is 31.9 Å². The lowest BCUT2D eigenvalue weighted by Crippen LogP contribution is -2.01. The SMILES string of the molecule is COc1ccc(Oc2ncc(Br)cc2Br)c(C(=O)O)c1. The lowest BCUT2D eigenvalue weighted by atomic mass is 10.2. The molecule has 0 aliphatic heterocycles. The molecule has 0 aliphatic rings. The van der Waals surface area contributed by atoms with Gasteiger partial charge in [0.1, 0.15) is 17.1 Å². The van der Waals surface area contributed by atoms with Crippen molar-refractivity contribution < 1.29 is 19.4 Å². The third kappa shape index (κ3) is 3.29. The summed E-state index contributed by atoms with van der Waals surface area (Å²) in [6, 6.07) is 6.30. The Balaban J connectivity index is 2.40. The maximum Gasteiger partial charge on any atom is 0.339 e. The second-order valence-corrected chi connectivity index (χ2v) is 5.48. The van der Waals surface area contributed by atoms with Gasteiger partial charge >= 0.3 is 5.97 Å². The smallest absolute Gasteiger partial charge is 0.339 e. The zero-order valence-electron chi connectivity index (χ0n) is 10.3. The first-order chi connectivity index (χ1) is 9.51. The molecule has 5 nitrogen and oxygen atoms in total. The van der Waals surface area contributed by atoms with Gasteiger partial charge in [-0.25, -0.2) is 9.78 Å². The molecule has 2 rings (SSSR count). The number of carbonyl (C=O) groups is 1. The van der Waals surface area contributed by atoms with E-state index in [4.69, 9.17) is 9.47 Å². The molecule has 0 radical (unpaired) electrons. The zero-order valence-corrected chi connectivity index (χ0v) is 13.4. The van der Waals surface area contributed by atoms with E-state index in [2.05, 4.69) is 36.8 Å². The molecule has 0 atom stereocenters. The zero-order chi connectivity index (χ0) is 14.7. The van der Waals surface area contributed by atoms with Gasteiger partial charge in [0.15, 0.2) is 0 Å². The van der Waals surface area contributed by atoms with Gasteiger partial charge in [0, 0.05) is 10.7 Å². The van der Waals surface area contributed by atoms with Gasteiger partial charge in [0.05, 0.1) is 11.6 Å². The van der Waals surface area contributed by atoms with E-state index in [1.165, 1.54) is 19.2 Å². The molecule has 2 aromatic rings. The number of halogens is 2. The molecule has 20 heavy (non-hydrogen) atoms. The molecule has 0 amide bonds. The Bertz CT molecular complexity index is 661. The highest BCUT2D eigenvalue weighted by Gasteiger charge is 2.15. The van der Waals surface area contributed by atoms with Crippen LogP contribution in [0.3, 0.4) is 0 Å². The van der Waals surface area contributed by atoms with E-state index in [9.17, 15) is 9.90 Å². The quantitative estimate of drug-likeness (QED) is 0.833. The minimum Gasteiger partial charge on any atom is -0.497 e. The molecule has 1 heterocycles. The standard InChI is InChI=1S/C13H9Br2NO4/c1-19-8-2-3-11(9(5-8)13(17)18)20-12-10(15)4-7(14)6-16-12/h2-6H,1H3,(H,17,18). The summed E-state index contributed by atoms with van der Waals surface area (Å²) < 4.78 is 11.9. The van der Waals surface area contributed by atoms with Crippen LogP contribution in [0.2, 0.25) is 0 Å². The van der Waals surface area contributed by atoms with Crippen LogP contribution in [0.15, 0.2) is 39.4 Å². The summed E-state index contributed by atoms with van der Waals surface area (Å²) in [5, 5.41) is 9.20. The maximum absolute atomic E-state index is 11.2. The van der Waals surface area contributed by atoms with Gasteiger partial charge in [-0.3, -0.25) is 0 Å². The Labute approximate surface area is 131 Å². The Morgan fingerprint density at radius 2 is 2.05 bits per heavy atom. The summed E-state index contributed by atoms with van der Waals surface area (Å²) in [6.45, 7) is 0. The van der Waals surface area contributed by atoms with Gasteiger partial charge in [0.25, 0.3) is 0 Å². The Morgan fingerprint density at radius 3 is 2.65 bits per heavy atom. The number of nitrogens with zero attached hydrogens (tertiary/aromatic N) is 1. The number of methoxy groups -OCH3 is 1. The number of rotatable bonds is 4. The number of ether oxygens (including phenoxy) is 2. The van der Waals surface area contributed by atoms with Crippen LogP contribution in [0.25, 0.3) is 0 Å². The van der Waals surface area contributed by atoms with Crippen LogP contribution in [0.5, 0.6) is 17.4 Å². The largest absolute Gasteiger partial charge is 0.497 e. The van der Waals surface area contributed by atoms with Gasteiger partial charge in [-0.05, 0) is 56.1 Å². The molecule has 0 saturated heterocycles. The predicted octanol–water partition coefficient (Wildman–Crippen LogP) is 4.11. The number of hydrogen-bond donors (Lipinski definition) is 1. The number of benzene rings is 1. The predicted molar refractivity (Wildman–Crippen MR) is 79.7 cm³/mol. The molecule has 7 heteroatoms. The highest BCUT2D eigenvalue weighted by atomic mass is 79.9. The van der Waals surface area contributed by atoms with Gasteiger partial charge in [0.2, 0.25) is 5.88 Å². The molecular weight excluding hydrogens is 394 g/mol. The Kier molecular flexibility index (Phi) is 4.61. The number of carboxylic acids is 1. The van der Waals surface area contributed by atoms with Crippen LogP contribution < -0.4 is 9.47 Å². The Hall–Kier alpha value is -1.60. The van der Waals surface area contributed by atoms with Gasteiger partial charge < -0.3 is 14.6 Å². The van der Waals surface area contributed by atoms with Crippen LogP contribution in [0, 0.1) is 0 Å². The number of hydrogen-bond acceptors (Lipinski definition) is 4. The molecule has 1 N–H and O–H groups in total. The molecule has 0 spiro atoms. The summed E-state index contributed by atoms with van der Waals surface area (Å²) in [7, 11) is 1.47. The molecule has 1 aromatic carbocycles. The van der Waals surface area contributed by atoms with Crippen molar-refractivity contribution in [3.05, 3.63) is 45.0 Å². The van der Waals surface area contributed by atoms with Crippen LogP contribution in [0.4, 0.5) is 0 Å². The minimum absolute atomic E-state index is 0.000897. The number of carboxylic acid groups (broad SMARTS) is 1.